The smallest absolute Gasteiger partial charge is 0.317 e. The maximum Gasteiger partial charge on any atom is 0.317 e. The first-order valence-electron chi connectivity index (χ1n) is 10.2. The minimum atomic E-state index is -0.426. The Balaban J connectivity index is 1.55. The molecule has 0 aromatic heterocycles. The molecule has 0 unspecified atom stereocenters. The lowest BCUT2D eigenvalue weighted by atomic mass is 10.0. The number of halogens is 1. The Kier molecular flexibility index (Phi) is 7.47. The number of ether oxygens (including phenoxy) is 1. The normalized spacial score (nSPS) is 14.4. The van der Waals surface area contributed by atoms with Crippen LogP contribution in [0.15, 0.2) is 42.5 Å². The molecule has 1 aliphatic rings. The van der Waals surface area contributed by atoms with Crippen LogP contribution in [0.25, 0.3) is 0 Å². The molecule has 1 fully saturated rings. The first-order chi connectivity index (χ1) is 14.1. The quantitative estimate of drug-likeness (QED) is 0.760. The Morgan fingerprint density at radius 2 is 1.86 bits per heavy atom. The number of amides is 2. The van der Waals surface area contributed by atoms with Crippen molar-refractivity contribution in [3.05, 3.63) is 65.0 Å². The van der Waals surface area contributed by atoms with Crippen molar-refractivity contribution in [2.24, 2.45) is 0 Å². The van der Waals surface area contributed by atoms with Gasteiger partial charge in [-0.25, -0.2) is 9.18 Å². The first-order valence-corrected chi connectivity index (χ1v) is 10.2. The van der Waals surface area contributed by atoms with Gasteiger partial charge >= 0.3 is 6.03 Å². The summed E-state index contributed by atoms with van der Waals surface area (Å²) in [5.74, 6) is -0.225. The minimum Gasteiger partial charge on any atom is -0.494 e. The van der Waals surface area contributed by atoms with Crippen LogP contribution in [0, 0.1) is 5.82 Å². The predicted octanol–water partition coefficient (Wildman–Crippen LogP) is 4.16. The van der Waals surface area contributed by atoms with E-state index in [0.717, 1.165) is 25.2 Å². The largest absolute Gasteiger partial charge is 0.494 e. The van der Waals surface area contributed by atoms with E-state index in [4.69, 9.17) is 4.74 Å². The molecule has 0 radical (unpaired) electrons. The maximum absolute atomic E-state index is 13.9. The molecule has 3 rings (SSSR count). The van der Waals surface area contributed by atoms with Gasteiger partial charge in [0.2, 0.25) is 0 Å². The molecular formula is C23H30FN3O2. The van der Waals surface area contributed by atoms with Gasteiger partial charge < -0.3 is 15.0 Å². The summed E-state index contributed by atoms with van der Waals surface area (Å²) in [6, 6.07) is 12.8. The molecule has 2 aromatic carbocycles. The monoisotopic (exact) mass is 399 g/mol. The number of hydrogen-bond donors (Lipinski definition) is 1. The van der Waals surface area contributed by atoms with Gasteiger partial charge in [-0.3, -0.25) is 4.90 Å². The average Bonchev–Trinajstić information content (AvgIpc) is 2.74. The van der Waals surface area contributed by atoms with E-state index in [1.165, 1.54) is 38.0 Å². The molecule has 5 nitrogen and oxygen atoms in total. The minimum absolute atomic E-state index is 0.186. The zero-order valence-corrected chi connectivity index (χ0v) is 17.3. The molecule has 0 aliphatic carbocycles. The molecule has 2 aromatic rings. The number of likely N-dealkylation sites (tertiary alicyclic amines) is 1. The summed E-state index contributed by atoms with van der Waals surface area (Å²) in [4.78, 5) is 16.5. The highest BCUT2D eigenvalue weighted by molar-refractivity contribution is 5.73. The summed E-state index contributed by atoms with van der Waals surface area (Å²) in [7, 11) is 3.14. The van der Waals surface area contributed by atoms with E-state index in [9.17, 15) is 9.18 Å². The number of nitrogens with zero attached hydrogens (tertiary/aromatic N) is 2. The van der Waals surface area contributed by atoms with Crippen LogP contribution in [0.3, 0.4) is 0 Å². The van der Waals surface area contributed by atoms with Gasteiger partial charge in [-0.05, 0) is 54.8 Å². The molecule has 1 aliphatic heterocycles. The lowest BCUT2D eigenvalue weighted by molar-refractivity contribution is 0.206. The van der Waals surface area contributed by atoms with Crippen molar-refractivity contribution < 1.29 is 13.9 Å². The van der Waals surface area contributed by atoms with Crippen molar-refractivity contribution >= 4 is 6.03 Å². The van der Waals surface area contributed by atoms with Crippen LogP contribution in [0.1, 0.15) is 36.0 Å². The Morgan fingerprint density at radius 1 is 1.14 bits per heavy atom. The second-order valence-electron chi connectivity index (χ2n) is 7.59. The standard InChI is InChI=1S/C23H30FN3O2/c1-26(16-18-10-11-22(29-2)21(24)14-18)23(28)25-15-19-8-4-5-9-20(19)17-27-12-6-3-7-13-27/h4-5,8-11,14H,3,6-7,12-13,15-17H2,1-2H3,(H,25,28). The van der Waals surface area contributed by atoms with Crippen molar-refractivity contribution in [1.29, 1.82) is 0 Å². The molecule has 0 saturated carbocycles. The Labute approximate surface area is 172 Å². The van der Waals surface area contributed by atoms with Gasteiger partial charge in [0.15, 0.2) is 11.6 Å². The fourth-order valence-corrected chi connectivity index (χ4v) is 3.70. The fraction of sp³-hybridized carbons (Fsp3) is 0.435. The number of nitrogens with one attached hydrogen (secondary N) is 1. The SMILES string of the molecule is COc1ccc(CN(C)C(=O)NCc2ccccc2CN2CCCCC2)cc1F. The summed E-state index contributed by atoms with van der Waals surface area (Å²) in [5.41, 5.74) is 3.11. The first kappa shape index (κ1) is 21.1. The molecule has 2 amide bonds. The molecule has 1 saturated heterocycles. The average molecular weight is 400 g/mol. The fourth-order valence-electron chi connectivity index (χ4n) is 3.70. The highest BCUT2D eigenvalue weighted by atomic mass is 19.1. The van der Waals surface area contributed by atoms with Crippen molar-refractivity contribution in [3.63, 3.8) is 0 Å². The third-order valence-electron chi connectivity index (χ3n) is 5.37. The van der Waals surface area contributed by atoms with Crippen molar-refractivity contribution in [2.75, 3.05) is 27.2 Å². The summed E-state index contributed by atoms with van der Waals surface area (Å²) < 4.78 is 18.8. The number of carbonyl (C=O) groups excluding carboxylic acids is 1. The molecule has 29 heavy (non-hydrogen) atoms. The number of methoxy groups -OCH3 is 1. The Morgan fingerprint density at radius 3 is 2.55 bits per heavy atom. The molecule has 1 heterocycles. The third-order valence-corrected chi connectivity index (χ3v) is 5.37. The number of carbonyl (C=O) groups is 1. The van der Waals surface area contributed by atoms with Crippen LogP contribution >= 0.6 is 0 Å². The molecule has 0 spiro atoms. The highest BCUT2D eigenvalue weighted by Gasteiger charge is 2.14. The number of benzene rings is 2. The summed E-state index contributed by atoms with van der Waals surface area (Å²) in [5, 5.41) is 2.98. The van der Waals surface area contributed by atoms with Crippen molar-refractivity contribution in [3.8, 4) is 5.75 Å². The van der Waals surface area contributed by atoms with Crippen LogP contribution in [-0.2, 0) is 19.6 Å². The zero-order valence-electron chi connectivity index (χ0n) is 17.3. The predicted molar refractivity (Wildman–Crippen MR) is 112 cm³/mol. The molecule has 156 valence electrons. The van der Waals surface area contributed by atoms with E-state index in [-0.39, 0.29) is 11.8 Å². The number of hydrogen-bond acceptors (Lipinski definition) is 3. The second kappa shape index (κ2) is 10.3. The second-order valence-corrected chi connectivity index (χ2v) is 7.59. The van der Waals surface area contributed by atoms with Gasteiger partial charge in [-0.1, -0.05) is 36.8 Å². The summed E-state index contributed by atoms with van der Waals surface area (Å²) in [6.07, 6.45) is 3.84. The number of urea groups is 1. The van der Waals surface area contributed by atoms with E-state index in [1.807, 2.05) is 6.07 Å². The lowest BCUT2D eigenvalue weighted by Crippen LogP contribution is -2.36. The molecular weight excluding hydrogens is 369 g/mol. The lowest BCUT2D eigenvalue weighted by Gasteiger charge is -2.27. The number of piperidine rings is 1. The van der Waals surface area contributed by atoms with Gasteiger partial charge in [-0.15, -0.1) is 0 Å². The van der Waals surface area contributed by atoms with E-state index in [0.29, 0.717) is 18.7 Å². The van der Waals surface area contributed by atoms with E-state index in [2.05, 4.69) is 28.4 Å². The maximum atomic E-state index is 13.9. The molecule has 0 atom stereocenters. The van der Waals surface area contributed by atoms with E-state index < -0.39 is 5.82 Å². The summed E-state index contributed by atoms with van der Waals surface area (Å²) >= 11 is 0. The van der Waals surface area contributed by atoms with Gasteiger partial charge in [0.25, 0.3) is 0 Å². The van der Waals surface area contributed by atoms with Crippen LogP contribution in [0.4, 0.5) is 9.18 Å². The zero-order chi connectivity index (χ0) is 20.6. The molecule has 0 bridgehead atoms. The van der Waals surface area contributed by atoms with E-state index >= 15 is 0 Å². The van der Waals surface area contributed by atoms with Crippen LogP contribution in [0.5, 0.6) is 5.75 Å². The van der Waals surface area contributed by atoms with Gasteiger partial charge in [-0.2, -0.15) is 0 Å². The summed E-state index contributed by atoms with van der Waals surface area (Å²) in [6.45, 7) is 4.00. The molecule has 1 N–H and O–H groups in total. The topological polar surface area (TPSA) is 44.8 Å². The molecule has 6 heteroatoms. The Hall–Kier alpha value is -2.60. The van der Waals surface area contributed by atoms with Crippen LogP contribution in [-0.4, -0.2) is 43.1 Å². The van der Waals surface area contributed by atoms with Crippen molar-refractivity contribution in [2.45, 2.75) is 38.9 Å². The Bertz CT molecular complexity index is 822. The van der Waals surface area contributed by atoms with Crippen LogP contribution in [0.2, 0.25) is 0 Å². The number of rotatable bonds is 7. The van der Waals surface area contributed by atoms with Gasteiger partial charge in [0, 0.05) is 26.7 Å². The van der Waals surface area contributed by atoms with Crippen molar-refractivity contribution in [1.82, 2.24) is 15.1 Å². The third kappa shape index (κ3) is 5.94. The van der Waals surface area contributed by atoms with E-state index in [1.54, 1.807) is 24.1 Å². The van der Waals surface area contributed by atoms with Gasteiger partial charge in [0.1, 0.15) is 0 Å². The van der Waals surface area contributed by atoms with Crippen LogP contribution < -0.4 is 10.1 Å². The van der Waals surface area contributed by atoms with Gasteiger partial charge in [0.05, 0.1) is 7.11 Å². The highest BCUT2D eigenvalue weighted by Crippen LogP contribution is 2.19.